The predicted molar refractivity (Wildman–Crippen MR) is 112 cm³/mol. The molecule has 0 amide bonds. The van der Waals surface area contributed by atoms with Crippen LogP contribution in [0.2, 0.25) is 0 Å². The zero-order valence-electron chi connectivity index (χ0n) is 15.0. The Hall–Kier alpha value is -3.76. The Morgan fingerprint density at radius 2 is 1.62 bits per heavy atom. The van der Waals surface area contributed by atoms with Crippen LogP contribution in [0.1, 0.15) is 5.56 Å². The first kappa shape index (κ1) is 20.0. The average Bonchev–Trinajstić information content (AvgIpc) is 2.69. The van der Waals surface area contributed by atoms with Crippen molar-refractivity contribution in [1.29, 1.82) is 0 Å². The second-order valence-corrected chi connectivity index (χ2v) is 7.53. The number of nitro benzene ring substituents is 1. The highest BCUT2D eigenvalue weighted by molar-refractivity contribution is 7.89. The van der Waals surface area contributed by atoms with Crippen LogP contribution >= 0.6 is 0 Å². The minimum absolute atomic E-state index is 0.0426. The van der Waals surface area contributed by atoms with Gasteiger partial charge in [-0.3, -0.25) is 15.5 Å². The summed E-state index contributed by atoms with van der Waals surface area (Å²) < 4.78 is 22.7. The summed E-state index contributed by atoms with van der Waals surface area (Å²) in [5.41, 5.74) is 4.77. The second-order valence-electron chi connectivity index (χ2n) is 5.96. The van der Waals surface area contributed by atoms with Crippen LogP contribution in [0.3, 0.4) is 0 Å². The molecule has 3 aromatic rings. The van der Waals surface area contributed by atoms with Crippen molar-refractivity contribution in [3.05, 3.63) is 88.5 Å². The minimum atomic E-state index is -4.04. The van der Waals surface area contributed by atoms with Crippen molar-refractivity contribution >= 4 is 39.0 Å². The molecule has 0 atom stereocenters. The highest BCUT2D eigenvalue weighted by Gasteiger charge is 2.18. The molecular weight excluding hydrogens is 394 g/mol. The van der Waals surface area contributed by atoms with E-state index < -0.39 is 20.6 Å². The van der Waals surface area contributed by atoms with E-state index in [4.69, 9.17) is 5.14 Å². The molecule has 0 aliphatic rings. The van der Waals surface area contributed by atoms with Crippen LogP contribution in [-0.4, -0.2) is 19.6 Å². The van der Waals surface area contributed by atoms with Gasteiger partial charge in [0, 0.05) is 17.4 Å². The van der Waals surface area contributed by atoms with Crippen LogP contribution in [0.15, 0.2) is 82.8 Å². The first-order chi connectivity index (χ1) is 13.8. The monoisotopic (exact) mass is 411 g/mol. The van der Waals surface area contributed by atoms with Crippen LogP contribution in [0, 0.1) is 10.1 Å². The van der Waals surface area contributed by atoms with E-state index in [1.165, 1.54) is 18.3 Å². The maximum atomic E-state index is 11.4. The van der Waals surface area contributed by atoms with E-state index in [2.05, 4.69) is 15.8 Å². The molecule has 0 aromatic heterocycles. The Kier molecular flexibility index (Phi) is 5.86. The summed E-state index contributed by atoms with van der Waals surface area (Å²) >= 11 is 0. The summed E-state index contributed by atoms with van der Waals surface area (Å²) in [5.74, 6) is 0. The van der Waals surface area contributed by atoms with Crippen LogP contribution in [0.5, 0.6) is 0 Å². The van der Waals surface area contributed by atoms with Gasteiger partial charge in [0.2, 0.25) is 10.0 Å². The Bertz CT molecular complexity index is 1150. The molecular formula is C19H17N5O4S. The number of nitrogens with one attached hydrogen (secondary N) is 2. The smallest absolute Gasteiger partial charge is 0.295 e. The highest BCUT2D eigenvalue weighted by Crippen LogP contribution is 2.27. The molecule has 0 unspecified atom stereocenters. The third kappa shape index (κ3) is 5.37. The lowest BCUT2D eigenvalue weighted by Gasteiger charge is -2.06. The lowest BCUT2D eigenvalue weighted by atomic mass is 10.2. The molecule has 0 saturated carbocycles. The molecule has 3 aromatic carbocycles. The summed E-state index contributed by atoms with van der Waals surface area (Å²) in [6.45, 7) is 0. The number of hydrogen-bond donors (Lipinski definition) is 3. The zero-order valence-corrected chi connectivity index (χ0v) is 15.8. The number of nitro groups is 1. The fourth-order valence-corrected chi connectivity index (χ4v) is 2.98. The van der Waals surface area contributed by atoms with Gasteiger partial charge in [0.1, 0.15) is 5.69 Å². The Balaban J connectivity index is 1.70. The van der Waals surface area contributed by atoms with E-state index in [9.17, 15) is 18.5 Å². The molecule has 29 heavy (non-hydrogen) atoms. The number of rotatable bonds is 7. The number of nitrogens with zero attached hydrogens (tertiary/aromatic N) is 2. The molecule has 0 saturated heterocycles. The molecule has 0 aliphatic carbocycles. The minimum Gasteiger partial charge on any atom is -0.356 e. The summed E-state index contributed by atoms with van der Waals surface area (Å²) in [6.07, 6.45) is 1.49. The molecule has 4 N–H and O–H groups in total. The third-order valence-electron chi connectivity index (χ3n) is 3.87. The molecule has 3 rings (SSSR count). The summed E-state index contributed by atoms with van der Waals surface area (Å²) in [6, 6.07) is 20.4. The Morgan fingerprint density at radius 3 is 2.24 bits per heavy atom. The number of para-hydroxylation sites is 1. The maximum absolute atomic E-state index is 11.4. The standard InChI is InChI=1S/C19H17N5O4S/c20-29(27,28)17-10-11-18(19(12-17)24(25)26)23-21-13-14-6-8-16(9-7-14)22-15-4-2-1-3-5-15/h1-13,22-23H,(H2,20,27,28)/b21-13-. The first-order valence-corrected chi connectivity index (χ1v) is 9.90. The summed E-state index contributed by atoms with van der Waals surface area (Å²) in [7, 11) is -4.04. The van der Waals surface area contributed by atoms with Crippen LogP contribution < -0.4 is 15.9 Å². The normalized spacial score (nSPS) is 11.3. The topological polar surface area (TPSA) is 140 Å². The van der Waals surface area contributed by atoms with Crippen LogP contribution in [-0.2, 0) is 10.0 Å². The second kappa shape index (κ2) is 8.50. The van der Waals surface area contributed by atoms with Gasteiger partial charge in [-0.25, -0.2) is 13.6 Å². The van der Waals surface area contributed by atoms with Gasteiger partial charge in [0.25, 0.3) is 5.69 Å². The van der Waals surface area contributed by atoms with E-state index in [0.717, 1.165) is 23.0 Å². The van der Waals surface area contributed by atoms with Gasteiger partial charge in [-0.15, -0.1) is 0 Å². The number of hydrazone groups is 1. The molecule has 0 spiro atoms. The molecule has 0 heterocycles. The molecule has 0 fully saturated rings. The highest BCUT2D eigenvalue weighted by atomic mass is 32.2. The van der Waals surface area contributed by atoms with Crippen molar-refractivity contribution < 1.29 is 13.3 Å². The van der Waals surface area contributed by atoms with Gasteiger partial charge >= 0.3 is 0 Å². The van der Waals surface area contributed by atoms with Crippen molar-refractivity contribution in [2.75, 3.05) is 10.7 Å². The third-order valence-corrected chi connectivity index (χ3v) is 4.78. The first-order valence-electron chi connectivity index (χ1n) is 8.35. The van der Waals surface area contributed by atoms with Gasteiger partial charge in [-0.1, -0.05) is 30.3 Å². The number of anilines is 3. The number of benzene rings is 3. The van der Waals surface area contributed by atoms with Gasteiger partial charge in [-0.2, -0.15) is 5.10 Å². The molecule has 148 valence electrons. The lowest BCUT2D eigenvalue weighted by molar-refractivity contribution is -0.384. The largest absolute Gasteiger partial charge is 0.356 e. The average molecular weight is 411 g/mol. The van der Waals surface area contributed by atoms with Crippen LogP contribution in [0.25, 0.3) is 0 Å². The van der Waals surface area contributed by atoms with E-state index in [1.807, 2.05) is 54.6 Å². The molecule has 0 aliphatic heterocycles. The Labute approximate surface area is 167 Å². The zero-order chi connectivity index (χ0) is 20.9. The summed E-state index contributed by atoms with van der Waals surface area (Å²) in [4.78, 5) is 10.1. The number of nitrogens with two attached hydrogens (primary N) is 1. The van der Waals surface area contributed by atoms with Crippen molar-refractivity contribution in [2.24, 2.45) is 10.2 Å². The van der Waals surface area contributed by atoms with Gasteiger partial charge < -0.3 is 5.32 Å². The molecule has 10 heteroatoms. The van der Waals surface area contributed by atoms with Crippen LogP contribution in [0.4, 0.5) is 22.7 Å². The van der Waals surface area contributed by atoms with Crippen molar-refractivity contribution in [2.45, 2.75) is 4.90 Å². The van der Waals surface area contributed by atoms with Gasteiger partial charge in [0.05, 0.1) is 16.0 Å². The predicted octanol–water partition coefficient (Wildman–Crippen LogP) is 3.43. The van der Waals surface area contributed by atoms with Crippen molar-refractivity contribution in [3.8, 4) is 0 Å². The molecule has 0 bridgehead atoms. The van der Waals surface area contributed by atoms with Gasteiger partial charge in [0.15, 0.2) is 0 Å². The van der Waals surface area contributed by atoms with E-state index in [1.54, 1.807) is 0 Å². The number of hydrogen-bond acceptors (Lipinski definition) is 7. The summed E-state index contributed by atoms with van der Waals surface area (Å²) in [5, 5.41) is 23.4. The number of primary sulfonamides is 1. The van der Waals surface area contributed by atoms with E-state index >= 15 is 0 Å². The maximum Gasteiger partial charge on any atom is 0.295 e. The SMILES string of the molecule is NS(=O)(=O)c1ccc(N/N=C\c2ccc(Nc3ccccc3)cc2)c([N+](=O)[O-])c1. The molecule has 9 nitrogen and oxygen atoms in total. The fraction of sp³-hybridized carbons (Fsp3) is 0. The van der Waals surface area contributed by atoms with Crippen molar-refractivity contribution in [3.63, 3.8) is 0 Å². The fourth-order valence-electron chi connectivity index (χ4n) is 2.45. The lowest BCUT2D eigenvalue weighted by Crippen LogP contribution is -2.12. The quantitative estimate of drug-likeness (QED) is 0.309. The van der Waals surface area contributed by atoms with E-state index in [-0.39, 0.29) is 10.6 Å². The van der Waals surface area contributed by atoms with Crippen molar-refractivity contribution in [1.82, 2.24) is 0 Å². The van der Waals surface area contributed by atoms with E-state index in [0.29, 0.717) is 0 Å². The Morgan fingerprint density at radius 1 is 0.966 bits per heavy atom. The number of sulfonamides is 1. The van der Waals surface area contributed by atoms with Gasteiger partial charge in [-0.05, 0) is 42.0 Å². The molecule has 0 radical (unpaired) electrons.